The molecule has 0 bridgehead atoms. The molecular weight excluding hydrogens is 318 g/mol. The van der Waals surface area contributed by atoms with Crippen LogP contribution in [-0.4, -0.2) is 31.3 Å². The minimum Gasteiger partial charge on any atom is -0.288 e. The van der Waals surface area contributed by atoms with Crippen LogP contribution in [0.1, 0.15) is 15.9 Å². The molecule has 1 aromatic heterocycles. The van der Waals surface area contributed by atoms with Crippen molar-refractivity contribution >= 4 is 17.5 Å². The van der Waals surface area contributed by atoms with Gasteiger partial charge in [-0.25, -0.2) is 5.48 Å². The van der Waals surface area contributed by atoms with Crippen molar-refractivity contribution < 1.29 is 10.0 Å². The maximum atomic E-state index is 11.3. The van der Waals surface area contributed by atoms with Crippen LogP contribution in [0.2, 0.25) is 5.02 Å². The zero-order chi connectivity index (χ0) is 16.2. The van der Waals surface area contributed by atoms with Gasteiger partial charge < -0.3 is 0 Å². The van der Waals surface area contributed by atoms with E-state index in [0.29, 0.717) is 23.0 Å². The molecule has 3 aromatic rings. The Morgan fingerprint density at radius 1 is 1.13 bits per heavy atom. The Hall–Kier alpha value is -2.77. The summed E-state index contributed by atoms with van der Waals surface area (Å²) in [7, 11) is 0. The first-order valence-electron chi connectivity index (χ1n) is 6.73. The van der Waals surface area contributed by atoms with Crippen molar-refractivity contribution in [2.24, 2.45) is 0 Å². The van der Waals surface area contributed by atoms with Gasteiger partial charge in [0.25, 0.3) is 5.91 Å². The van der Waals surface area contributed by atoms with E-state index < -0.39 is 5.91 Å². The summed E-state index contributed by atoms with van der Waals surface area (Å²) < 4.78 is 0. The molecule has 0 aliphatic heterocycles. The van der Waals surface area contributed by atoms with Crippen molar-refractivity contribution in [2.45, 2.75) is 6.54 Å². The number of amides is 1. The van der Waals surface area contributed by atoms with Crippen molar-refractivity contribution in [3.63, 3.8) is 0 Å². The molecule has 0 fully saturated rings. The highest BCUT2D eigenvalue weighted by Crippen LogP contribution is 2.17. The number of rotatable bonds is 4. The fourth-order valence-corrected chi connectivity index (χ4v) is 2.14. The van der Waals surface area contributed by atoms with E-state index in [1.807, 2.05) is 12.1 Å². The molecule has 116 valence electrons. The molecule has 0 aliphatic carbocycles. The van der Waals surface area contributed by atoms with Gasteiger partial charge in [0, 0.05) is 16.1 Å². The van der Waals surface area contributed by atoms with Gasteiger partial charge in [-0.05, 0) is 47.2 Å². The van der Waals surface area contributed by atoms with E-state index in [-0.39, 0.29) is 0 Å². The summed E-state index contributed by atoms with van der Waals surface area (Å²) in [4.78, 5) is 12.7. The molecule has 0 atom stereocenters. The predicted molar refractivity (Wildman–Crippen MR) is 83.1 cm³/mol. The first-order chi connectivity index (χ1) is 11.2. The molecule has 3 rings (SSSR count). The van der Waals surface area contributed by atoms with Crippen LogP contribution >= 0.6 is 11.6 Å². The number of carbonyl (C=O) groups is 1. The molecule has 1 heterocycles. The van der Waals surface area contributed by atoms with Crippen molar-refractivity contribution in [2.75, 3.05) is 0 Å². The van der Waals surface area contributed by atoms with Crippen molar-refractivity contribution in [1.82, 2.24) is 25.7 Å². The minimum atomic E-state index is -0.555. The van der Waals surface area contributed by atoms with Gasteiger partial charge in [-0.1, -0.05) is 23.7 Å². The molecule has 23 heavy (non-hydrogen) atoms. The Labute approximate surface area is 136 Å². The average Bonchev–Trinajstić information content (AvgIpc) is 3.04. The highest BCUT2D eigenvalue weighted by molar-refractivity contribution is 6.30. The Kier molecular flexibility index (Phi) is 4.31. The number of benzene rings is 2. The van der Waals surface area contributed by atoms with Gasteiger partial charge in [0.05, 0.1) is 6.54 Å². The zero-order valence-electron chi connectivity index (χ0n) is 11.8. The van der Waals surface area contributed by atoms with Crippen LogP contribution in [0, 0.1) is 0 Å². The molecule has 7 nitrogen and oxygen atoms in total. The molecule has 1 amide bonds. The maximum Gasteiger partial charge on any atom is 0.274 e. The summed E-state index contributed by atoms with van der Waals surface area (Å²) in [5.74, 6) is -0.0431. The number of hydrogen-bond donors (Lipinski definition) is 2. The first kappa shape index (κ1) is 15.1. The highest BCUT2D eigenvalue weighted by Gasteiger charge is 2.07. The van der Waals surface area contributed by atoms with E-state index in [1.54, 1.807) is 41.9 Å². The van der Waals surface area contributed by atoms with E-state index in [9.17, 15) is 4.79 Å². The third-order valence-corrected chi connectivity index (χ3v) is 3.45. The molecule has 8 heteroatoms. The van der Waals surface area contributed by atoms with E-state index in [0.717, 1.165) is 11.1 Å². The van der Waals surface area contributed by atoms with Crippen LogP contribution in [-0.2, 0) is 6.54 Å². The van der Waals surface area contributed by atoms with Crippen LogP contribution in [0.25, 0.3) is 11.4 Å². The van der Waals surface area contributed by atoms with Gasteiger partial charge in [0.15, 0.2) is 0 Å². The third kappa shape index (κ3) is 3.53. The minimum absolute atomic E-state index is 0.365. The molecule has 2 aromatic carbocycles. The summed E-state index contributed by atoms with van der Waals surface area (Å²) in [6, 6.07) is 13.9. The van der Waals surface area contributed by atoms with Gasteiger partial charge in [0.1, 0.15) is 0 Å². The molecule has 0 saturated heterocycles. The van der Waals surface area contributed by atoms with Gasteiger partial charge in [0.2, 0.25) is 5.82 Å². The lowest BCUT2D eigenvalue weighted by atomic mass is 10.1. The van der Waals surface area contributed by atoms with E-state index >= 15 is 0 Å². The Morgan fingerprint density at radius 2 is 1.83 bits per heavy atom. The molecule has 2 N–H and O–H groups in total. The molecule has 0 saturated carbocycles. The second-order valence-electron chi connectivity index (χ2n) is 4.79. The zero-order valence-corrected chi connectivity index (χ0v) is 12.6. The number of nitrogens with one attached hydrogen (secondary N) is 1. The van der Waals surface area contributed by atoms with Gasteiger partial charge >= 0.3 is 0 Å². The fraction of sp³-hybridized carbons (Fsp3) is 0.0667. The standard InChI is InChI=1S/C15H12ClN5O2/c16-13-7-5-11(6-8-13)14-17-20-21(18-14)9-10-1-3-12(4-2-10)15(22)19-23/h1-8,23H,9H2,(H,19,22). The number of halogens is 1. The maximum absolute atomic E-state index is 11.3. The lowest BCUT2D eigenvalue weighted by molar-refractivity contribution is 0.0706. The Bertz CT molecular complexity index is 815. The Morgan fingerprint density at radius 3 is 2.48 bits per heavy atom. The van der Waals surface area contributed by atoms with Crippen LogP contribution in [0.4, 0.5) is 0 Å². The lowest BCUT2D eigenvalue weighted by Crippen LogP contribution is -2.18. The summed E-state index contributed by atoms with van der Waals surface area (Å²) in [5, 5.41) is 21.6. The number of tetrazole rings is 1. The van der Waals surface area contributed by atoms with Crippen molar-refractivity contribution in [1.29, 1.82) is 0 Å². The molecule has 0 unspecified atom stereocenters. The smallest absolute Gasteiger partial charge is 0.274 e. The van der Waals surface area contributed by atoms with Crippen LogP contribution in [0.3, 0.4) is 0 Å². The topological polar surface area (TPSA) is 92.9 Å². The number of hydrogen-bond acceptors (Lipinski definition) is 5. The summed E-state index contributed by atoms with van der Waals surface area (Å²) in [6.45, 7) is 0.418. The molecule has 0 aliphatic rings. The fourth-order valence-electron chi connectivity index (χ4n) is 2.01. The number of hydroxylamine groups is 1. The summed E-state index contributed by atoms with van der Waals surface area (Å²) in [5.41, 5.74) is 3.68. The van der Waals surface area contributed by atoms with Crippen LogP contribution < -0.4 is 5.48 Å². The van der Waals surface area contributed by atoms with Crippen LogP contribution in [0.15, 0.2) is 48.5 Å². The number of aromatic nitrogens is 4. The third-order valence-electron chi connectivity index (χ3n) is 3.20. The van der Waals surface area contributed by atoms with Crippen molar-refractivity contribution in [3.05, 3.63) is 64.7 Å². The quantitative estimate of drug-likeness (QED) is 0.565. The first-order valence-corrected chi connectivity index (χ1v) is 7.10. The second kappa shape index (κ2) is 6.55. The largest absolute Gasteiger partial charge is 0.288 e. The SMILES string of the molecule is O=C(NO)c1ccc(Cn2nnc(-c3ccc(Cl)cc3)n2)cc1. The highest BCUT2D eigenvalue weighted by atomic mass is 35.5. The number of nitrogens with zero attached hydrogens (tertiary/aromatic N) is 4. The summed E-state index contributed by atoms with van der Waals surface area (Å²) >= 11 is 5.85. The van der Waals surface area contributed by atoms with E-state index in [2.05, 4.69) is 15.4 Å². The number of carbonyl (C=O) groups excluding carboxylic acids is 1. The molecular formula is C15H12ClN5O2. The Balaban J connectivity index is 1.74. The normalized spacial score (nSPS) is 10.5. The van der Waals surface area contributed by atoms with Gasteiger partial charge in [-0.3, -0.25) is 10.0 Å². The second-order valence-corrected chi connectivity index (χ2v) is 5.22. The van der Waals surface area contributed by atoms with Crippen molar-refractivity contribution in [3.8, 4) is 11.4 Å². The molecule has 0 radical (unpaired) electrons. The van der Waals surface area contributed by atoms with Crippen LogP contribution in [0.5, 0.6) is 0 Å². The predicted octanol–water partition coefficient (Wildman–Crippen LogP) is 2.16. The monoisotopic (exact) mass is 329 g/mol. The van der Waals surface area contributed by atoms with Gasteiger partial charge in [-0.2, -0.15) is 4.80 Å². The average molecular weight is 330 g/mol. The van der Waals surface area contributed by atoms with Gasteiger partial charge in [-0.15, -0.1) is 10.2 Å². The lowest BCUT2D eigenvalue weighted by Gasteiger charge is -2.02. The van der Waals surface area contributed by atoms with E-state index in [4.69, 9.17) is 16.8 Å². The van der Waals surface area contributed by atoms with E-state index in [1.165, 1.54) is 4.80 Å². The summed E-state index contributed by atoms with van der Waals surface area (Å²) in [6.07, 6.45) is 0. The molecule has 0 spiro atoms.